The molecule has 2 heterocycles. The Morgan fingerprint density at radius 3 is 2.64 bits per heavy atom. The van der Waals surface area contributed by atoms with Crippen LogP contribution in [0.3, 0.4) is 0 Å². The number of fused-ring (bicyclic) bond motifs is 1. The van der Waals surface area contributed by atoms with Crippen molar-refractivity contribution in [2.45, 2.75) is 52.9 Å². The van der Waals surface area contributed by atoms with Gasteiger partial charge in [-0.25, -0.2) is 9.48 Å². The van der Waals surface area contributed by atoms with Crippen LogP contribution in [0.15, 0.2) is 18.2 Å². The third-order valence-corrected chi connectivity index (χ3v) is 4.48. The number of carbonyl (C=O) groups is 1. The van der Waals surface area contributed by atoms with Gasteiger partial charge in [0.2, 0.25) is 5.82 Å². The predicted molar refractivity (Wildman–Crippen MR) is 104 cm³/mol. The Balaban J connectivity index is 1.70. The first-order chi connectivity index (χ1) is 13.0. The van der Waals surface area contributed by atoms with Crippen LogP contribution < -0.4 is 5.32 Å². The molecule has 0 spiro atoms. The SMILES string of the molecule is Cc1nn(C)c(NCc2ccc3c(c2)CN(C(=O)OC(C)(C)C)C3)c1[N+](=O)[O-]. The molecule has 0 bridgehead atoms. The first kappa shape index (κ1) is 19.7. The minimum atomic E-state index is -0.531. The summed E-state index contributed by atoms with van der Waals surface area (Å²) in [5.41, 5.74) is 2.93. The summed E-state index contributed by atoms with van der Waals surface area (Å²) in [6, 6.07) is 5.96. The second-order valence-electron chi connectivity index (χ2n) is 7.96. The third kappa shape index (κ3) is 4.08. The van der Waals surface area contributed by atoms with Crippen LogP contribution in [0.25, 0.3) is 0 Å². The van der Waals surface area contributed by atoms with Gasteiger partial charge in [0.25, 0.3) is 0 Å². The minimum Gasteiger partial charge on any atom is -0.444 e. The Hall–Kier alpha value is -3.10. The van der Waals surface area contributed by atoms with Gasteiger partial charge in [-0.3, -0.25) is 15.0 Å². The lowest BCUT2D eigenvalue weighted by Gasteiger charge is -2.24. The standard InChI is InChI=1S/C19H25N5O4/c1-12-16(24(26)27)17(22(5)21-12)20-9-13-6-7-14-10-23(11-15(14)8-13)18(25)28-19(2,3)4/h6-8,20H,9-11H2,1-5H3. The van der Waals surface area contributed by atoms with E-state index in [1.54, 1.807) is 18.9 Å². The molecule has 1 aromatic carbocycles. The number of aryl methyl sites for hydroxylation is 2. The number of nitrogens with one attached hydrogen (secondary N) is 1. The van der Waals surface area contributed by atoms with Crippen LogP contribution >= 0.6 is 0 Å². The van der Waals surface area contributed by atoms with Gasteiger partial charge in [0, 0.05) is 26.7 Å². The molecule has 9 heteroatoms. The maximum atomic E-state index is 12.3. The second kappa shape index (κ2) is 7.14. The summed E-state index contributed by atoms with van der Waals surface area (Å²) >= 11 is 0. The Bertz CT molecular complexity index is 929. The molecule has 0 radical (unpaired) electrons. The summed E-state index contributed by atoms with van der Waals surface area (Å²) in [7, 11) is 1.67. The van der Waals surface area contributed by atoms with Crippen molar-refractivity contribution in [2.75, 3.05) is 5.32 Å². The molecule has 2 aromatic rings. The van der Waals surface area contributed by atoms with Gasteiger partial charge < -0.3 is 10.1 Å². The lowest BCUT2D eigenvalue weighted by Crippen LogP contribution is -2.33. The van der Waals surface area contributed by atoms with E-state index in [1.807, 2.05) is 39.0 Å². The van der Waals surface area contributed by atoms with Gasteiger partial charge in [-0.1, -0.05) is 18.2 Å². The summed E-state index contributed by atoms with van der Waals surface area (Å²) in [6.45, 7) is 8.57. The molecule has 0 atom stereocenters. The molecule has 9 nitrogen and oxygen atoms in total. The molecule has 28 heavy (non-hydrogen) atoms. The minimum absolute atomic E-state index is 0.0141. The second-order valence-corrected chi connectivity index (χ2v) is 7.96. The van der Waals surface area contributed by atoms with Crippen LogP contribution in [-0.2, 0) is 31.4 Å². The quantitative estimate of drug-likeness (QED) is 0.636. The fourth-order valence-electron chi connectivity index (χ4n) is 3.26. The molecular formula is C19H25N5O4. The number of aromatic nitrogens is 2. The van der Waals surface area contributed by atoms with E-state index in [0.29, 0.717) is 31.1 Å². The highest BCUT2D eigenvalue weighted by Gasteiger charge is 2.28. The number of nitrogens with zero attached hydrogens (tertiary/aromatic N) is 4. The lowest BCUT2D eigenvalue weighted by molar-refractivity contribution is -0.384. The van der Waals surface area contributed by atoms with E-state index >= 15 is 0 Å². The van der Waals surface area contributed by atoms with Crippen molar-refractivity contribution in [3.8, 4) is 0 Å². The molecule has 0 fully saturated rings. The number of hydrogen-bond acceptors (Lipinski definition) is 6. The van der Waals surface area contributed by atoms with Gasteiger partial charge >= 0.3 is 11.8 Å². The number of amides is 1. The van der Waals surface area contributed by atoms with Crippen LogP contribution in [0.1, 0.15) is 43.2 Å². The maximum Gasteiger partial charge on any atom is 0.410 e. The molecule has 0 saturated heterocycles. The first-order valence-electron chi connectivity index (χ1n) is 9.05. The van der Waals surface area contributed by atoms with E-state index < -0.39 is 10.5 Å². The fourth-order valence-corrected chi connectivity index (χ4v) is 3.26. The molecule has 1 aliphatic rings. The normalized spacial score (nSPS) is 13.4. The van der Waals surface area contributed by atoms with E-state index in [9.17, 15) is 14.9 Å². The Kier molecular flexibility index (Phi) is 5.01. The van der Waals surface area contributed by atoms with Crippen molar-refractivity contribution >= 4 is 17.6 Å². The zero-order chi connectivity index (χ0) is 20.6. The van der Waals surface area contributed by atoms with Crippen LogP contribution in [0.2, 0.25) is 0 Å². The third-order valence-electron chi connectivity index (χ3n) is 4.48. The molecule has 1 aromatic heterocycles. The number of carbonyl (C=O) groups excluding carboxylic acids is 1. The summed E-state index contributed by atoms with van der Waals surface area (Å²) in [5, 5.41) is 18.5. The van der Waals surface area contributed by atoms with E-state index in [2.05, 4.69) is 10.4 Å². The number of benzene rings is 1. The number of rotatable bonds is 4. The molecule has 0 unspecified atom stereocenters. The Morgan fingerprint density at radius 1 is 1.32 bits per heavy atom. The highest BCUT2D eigenvalue weighted by atomic mass is 16.6. The molecule has 0 aliphatic carbocycles. The van der Waals surface area contributed by atoms with Crippen molar-refractivity contribution < 1.29 is 14.5 Å². The summed E-state index contributed by atoms with van der Waals surface area (Å²) in [5.74, 6) is 0.373. The smallest absolute Gasteiger partial charge is 0.410 e. The predicted octanol–water partition coefficient (Wildman–Crippen LogP) is 3.50. The zero-order valence-electron chi connectivity index (χ0n) is 16.8. The summed E-state index contributed by atoms with van der Waals surface area (Å²) < 4.78 is 6.92. The fraction of sp³-hybridized carbons (Fsp3) is 0.474. The molecule has 150 valence electrons. The lowest BCUT2D eigenvalue weighted by atomic mass is 10.1. The van der Waals surface area contributed by atoms with Gasteiger partial charge in [0.15, 0.2) is 0 Å². The van der Waals surface area contributed by atoms with Crippen molar-refractivity contribution in [3.63, 3.8) is 0 Å². The Labute approximate surface area is 163 Å². The highest BCUT2D eigenvalue weighted by molar-refractivity contribution is 5.69. The van der Waals surface area contributed by atoms with E-state index in [0.717, 1.165) is 16.7 Å². The highest BCUT2D eigenvalue weighted by Crippen LogP contribution is 2.29. The number of anilines is 1. The number of nitro groups is 1. The van der Waals surface area contributed by atoms with Gasteiger partial charge in [-0.2, -0.15) is 5.10 Å². The van der Waals surface area contributed by atoms with E-state index in [-0.39, 0.29) is 11.8 Å². The van der Waals surface area contributed by atoms with Gasteiger partial charge in [0.1, 0.15) is 11.3 Å². The monoisotopic (exact) mass is 387 g/mol. The topological polar surface area (TPSA) is 103 Å². The zero-order valence-corrected chi connectivity index (χ0v) is 16.8. The number of hydrogen-bond donors (Lipinski definition) is 1. The summed E-state index contributed by atoms with van der Waals surface area (Å²) in [6.07, 6.45) is -0.329. The van der Waals surface area contributed by atoms with Gasteiger partial charge in [0.05, 0.1) is 4.92 Å². The molecular weight excluding hydrogens is 362 g/mol. The van der Waals surface area contributed by atoms with Crippen LogP contribution in [0.5, 0.6) is 0 Å². The van der Waals surface area contributed by atoms with Crippen molar-refractivity contribution in [2.24, 2.45) is 7.05 Å². The van der Waals surface area contributed by atoms with Crippen LogP contribution in [0.4, 0.5) is 16.3 Å². The maximum absolute atomic E-state index is 12.3. The first-order valence-corrected chi connectivity index (χ1v) is 9.05. The largest absolute Gasteiger partial charge is 0.444 e. The van der Waals surface area contributed by atoms with Gasteiger partial charge in [-0.15, -0.1) is 0 Å². The van der Waals surface area contributed by atoms with Gasteiger partial charge in [-0.05, 0) is 44.4 Å². The van der Waals surface area contributed by atoms with Crippen LogP contribution in [-0.4, -0.2) is 31.3 Å². The molecule has 0 saturated carbocycles. The molecule has 1 amide bonds. The van der Waals surface area contributed by atoms with Crippen LogP contribution in [0, 0.1) is 17.0 Å². The van der Waals surface area contributed by atoms with Crippen molar-refractivity contribution in [3.05, 3.63) is 50.7 Å². The molecule has 3 rings (SSSR count). The molecule has 1 N–H and O–H groups in total. The van der Waals surface area contributed by atoms with Crippen molar-refractivity contribution in [1.29, 1.82) is 0 Å². The van der Waals surface area contributed by atoms with Crippen molar-refractivity contribution in [1.82, 2.24) is 14.7 Å². The molecule has 1 aliphatic heterocycles. The van der Waals surface area contributed by atoms with E-state index in [1.165, 1.54) is 4.68 Å². The average molecular weight is 387 g/mol. The number of ether oxygens (including phenoxy) is 1. The Morgan fingerprint density at radius 2 is 2.00 bits per heavy atom. The van der Waals surface area contributed by atoms with E-state index in [4.69, 9.17) is 4.74 Å². The summed E-state index contributed by atoms with van der Waals surface area (Å²) in [4.78, 5) is 24.8. The average Bonchev–Trinajstić information content (AvgIpc) is 3.11.